The minimum absolute atomic E-state index is 0.0254. The first kappa shape index (κ1) is 19.8. The normalized spacial score (nSPS) is 22.1. The molecule has 3 heterocycles. The highest BCUT2D eigenvalue weighted by Gasteiger charge is 2.60. The van der Waals surface area contributed by atoms with Crippen molar-refractivity contribution < 1.29 is 9.59 Å². The van der Waals surface area contributed by atoms with Gasteiger partial charge in [0.15, 0.2) is 5.54 Å². The van der Waals surface area contributed by atoms with Gasteiger partial charge in [0.05, 0.1) is 11.4 Å². The zero-order valence-corrected chi connectivity index (χ0v) is 18.7. The van der Waals surface area contributed by atoms with Crippen LogP contribution in [0.5, 0.6) is 0 Å². The molecule has 1 N–H and O–H groups in total. The van der Waals surface area contributed by atoms with Gasteiger partial charge in [-0.3, -0.25) is 4.79 Å². The molecule has 0 aliphatic carbocycles. The number of rotatable bonds is 3. The summed E-state index contributed by atoms with van der Waals surface area (Å²) in [6.45, 7) is 4.47. The molecular weight excluding hydrogens is 410 g/mol. The Balaban J connectivity index is 1.57. The lowest BCUT2D eigenvalue weighted by atomic mass is 9.78. The monoisotopic (exact) mass is 435 g/mol. The molecule has 6 rings (SSSR count). The first-order chi connectivity index (χ1) is 16.0. The van der Waals surface area contributed by atoms with E-state index in [0.717, 1.165) is 34.1 Å². The number of hydrogen-bond acceptors (Lipinski definition) is 2. The van der Waals surface area contributed by atoms with Gasteiger partial charge in [0, 0.05) is 23.4 Å². The van der Waals surface area contributed by atoms with Crippen LogP contribution in [0.2, 0.25) is 0 Å². The molecule has 1 fully saturated rings. The summed E-state index contributed by atoms with van der Waals surface area (Å²) in [4.78, 5) is 34.2. The van der Waals surface area contributed by atoms with Crippen LogP contribution in [0.25, 0.3) is 10.9 Å². The highest BCUT2D eigenvalue weighted by Crippen LogP contribution is 2.50. The van der Waals surface area contributed by atoms with E-state index in [-0.39, 0.29) is 17.9 Å². The summed E-state index contributed by atoms with van der Waals surface area (Å²) in [5, 5.41) is 1.11. The van der Waals surface area contributed by atoms with Crippen molar-refractivity contribution in [2.75, 3.05) is 11.4 Å². The van der Waals surface area contributed by atoms with Crippen LogP contribution in [0.15, 0.2) is 78.9 Å². The Labute approximate surface area is 192 Å². The number of amides is 3. The van der Waals surface area contributed by atoms with Crippen molar-refractivity contribution in [2.24, 2.45) is 0 Å². The van der Waals surface area contributed by atoms with Crippen LogP contribution in [0.1, 0.15) is 42.1 Å². The third kappa shape index (κ3) is 2.65. The molecule has 164 valence electrons. The van der Waals surface area contributed by atoms with E-state index in [0.29, 0.717) is 12.2 Å². The van der Waals surface area contributed by atoms with Crippen molar-refractivity contribution in [1.82, 2.24) is 9.88 Å². The summed E-state index contributed by atoms with van der Waals surface area (Å²) in [6, 6.07) is 25.7. The van der Waals surface area contributed by atoms with E-state index in [1.807, 2.05) is 55.5 Å². The number of imide groups is 1. The lowest BCUT2D eigenvalue weighted by Gasteiger charge is -2.40. The first-order valence-electron chi connectivity index (χ1n) is 11.4. The number of para-hydroxylation sites is 2. The molecule has 33 heavy (non-hydrogen) atoms. The molecule has 3 aromatic carbocycles. The number of carbonyl (C=O) groups is 2. The quantitative estimate of drug-likeness (QED) is 0.428. The van der Waals surface area contributed by atoms with Crippen molar-refractivity contribution in [1.29, 1.82) is 0 Å². The second kappa shape index (κ2) is 7.07. The maximum absolute atomic E-state index is 13.9. The summed E-state index contributed by atoms with van der Waals surface area (Å²) >= 11 is 0. The van der Waals surface area contributed by atoms with Crippen molar-refractivity contribution in [3.63, 3.8) is 0 Å². The van der Waals surface area contributed by atoms with Crippen molar-refractivity contribution in [2.45, 2.75) is 31.7 Å². The third-order valence-corrected chi connectivity index (χ3v) is 7.33. The molecular formula is C28H25N3O2. The predicted molar refractivity (Wildman–Crippen MR) is 129 cm³/mol. The predicted octanol–water partition coefficient (Wildman–Crippen LogP) is 5.56. The van der Waals surface area contributed by atoms with Gasteiger partial charge in [0.2, 0.25) is 0 Å². The van der Waals surface area contributed by atoms with Gasteiger partial charge < -0.3 is 9.88 Å². The number of nitrogens with one attached hydrogen (secondary N) is 1. The Kier molecular flexibility index (Phi) is 4.24. The molecule has 1 unspecified atom stereocenters. The van der Waals surface area contributed by atoms with Crippen LogP contribution in [0, 0.1) is 0 Å². The highest BCUT2D eigenvalue weighted by atomic mass is 16.2. The topological polar surface area (TPSA) is 56.4 Å². The van der Waals surface area contributed by atoms with E-state index in [1.54, 1.807) is 4.90 Å². The lowest BCUT2D eigenvalue weighted by Crippen LogP contribution is -2.50. The number of fused-ring (bicyclic) bond motifs is 5. The average molecular weight is 436 g/mol. The number of anilines is 1. The standard InChI is InChI=1S/C28H25N3O2/c1-3-18-13-15-19(16-14-18)22-17-30-27(33)31(20-9-5-4-6-10-20)26(32)28(30,2)25-24(22)21-11-7-8-12-23(21)29-25/h4-16,22,29H,3,17H2,1-2H3/t22?,28-/m0/s1. The van der Waals surface area contributed by atoms with E-state index in [2.05, 4.69) is 42.2 Å². The first-order valence-corrected chi connectivity index (χ1v) is 11.4. The van der Waals surface area contributed by atoms with E-state index < -0.39 is 5.54 Å². The number of carbonyl (C=O) groups excluding carboxylic acids is 2. The lowest BCUT2D eigenvalue weighted by molar-refractivity contribution is -0.125. The van der Waals surface area contributed by atoms with Gasteiger partial charge in [-0.15, -0.1) is 0 Å². The molecule has 0 radical (unpaired) electrons. The van der Waals surface area contributed by atoms with Crippen LogP contribution in [-0.2, 0) is 16.8 Å². The number of H-pyrrole nitrogens is 1. The second-order valence-corrected chi connectivity index (χ2v) is 9.05. The van der Waals surface area contributed by atoms with Crippen LogP contribution in [0.4, 0.5) is 10.5 Å². The second-order valence-electron chi connectivity index (χ2n) is 9.05. The Morgan fingerprint density at radius 2 is 1.64 bits per heavy atom. The molecule has 1 saturated heterocycles. The molecule has 0 bridgehead atoms. The maximum Gasteiger partial charge on any atom is 0.332 e. The van der Waals surface area contributed by atoms with Gasteiger partial charge in [-0.05, 0) is 48.2 Å². The number of aromatic nitrogens is 1. The molecule has 3 amide bonds. The Hall–Kier alpha value is -3.86. The average Bonchev–Trinajstić information content (AvgIpc) is 3.34. The van der Waals surface area contributed by atoms with Crippen molar-refractivity contribution in [3.8, 4) is 0 Å². The highest BCUT2D eigenvalue weighted by molar-refractivity contribution is 6.23. The zero-order valence-electron chi connectivity index (χ0n) is 18.7. The molecule has 0 spiro atoms. The smallest absolute Gasteiger partial charge is 0.332 e. The molecule has 0 saturated carbocycles. The number of hydrogen-bond donors (Lipinski definition) is 1. The van der Waals surface area contributed by atoms with Crippen molar-refractivity contribution >= 4 is 28.5 Å². The summed E-state index contributed by atoms with van der Waals surface area (Å²) < 4.78 is 0. The van der Waals surface area contributed by atoms with Gasteiger partial charge in [-0.25, -0.2) is 9.69 Å². The van der Waals surface area contributed by atoms with Gasteiger partial charge >= 0.3 is 6.03 Å². The van der Waals surface area contributed by atoms with E-state index >= 15 is 0 Å². The van der Waals surface area contributed by atoms with E-state index in [1.165, 1.54) is 10.5 Å². The van der Waals surface area contributed by atoms with E-state index in [4.69, 9.17) is 0 Å². The summed E-state index contributed by atoms with van der Waals surface area (Å²) in [5.41, 5.74) is 4.87. The van der Waals surface area contributed by atoms with Crippen LogP contribution in [0.3, 0.4) is 0 Å². The molecule has 2 aliphatic rings. The maximum atomic E-state index is 13.9. The van der Waals surface area contributed by atoms with Gasteiger partial charge in [-0.2, -0.15) is 0 Å². The summed E-state index contributed by atoms with van der Waals surface area (Å²) in [7, 11) is 0. The molecule has 4 aromatic rings. The van der Waals surface area contributed by atoms with Gasteiger partial charge in [-0.1, -0.05) is 67.6 Å². The molecule has 2 atom stereocenters. The fraction of sp³-hybridized carbons (Fsp3) is 0.214. The molecule has 5 nitrogen and oxygen atoms in total. The van der Waals surface area contributed by atoms with Crippen LogP contribution >= 0.6 is 0 Å². The molecule has 5 heteroatoms. The Morgan fingerprint density at radius 3 is 2.36 bits per heavy atom. The molecule has 2 aliphatic heterocycles. The summed E-state index contributed by atoms with van der Waals surface area (Å²) in [5.74, 6) is -0.242. The minimum Gasteiger partial charge on any atom is -0.356 e. The SMILES string of the molecule is CCc1ccc(C2CN3C(=O)N(c4ccccc4)C(=O)[C@]3(C)c3[nH]c4ccccc4c32)cc1. The van der Waals surface area contributed by atoms with Gasteiger partial charge in [0.25, 0.3) is 5.91 Å². The van der Waals surface area contributed by atoms with Crippen molar-refractivity contribution in [3.05, 3.63) is 101 Å². The Morgan fingerprint density at radius 1 is 0.939 bits per heavy atom. The number of benzene rings is 3. The van der Waals surface area contributed by atoms with Gasteiger partial charge in [0.1, 0.15) is 0 Å². The number of aryl methyl sites for hydroxylation is 1. The zero-order chi connectivity index (χ0) is 22.7. The fourth-order valence-electron chi connectivity index (χ4n) is 5.48. The molecule has 1 aromatic heterocycles. The fourth-order valence-corrected chi connectivity index (χ4v) is 5.48. The van der Waals surface area contributed by atoms with Crippen LogP contribution in [-0.4, -0.2) is 28.4 Å². The largest absolute Gasteiger partial charge is 0.356 e. The minimum atomic E-state index is -1.08. The number of urea groups is 1. The van der Waals surface area contributed by atoms with Crippen LogP contribution < -0.4 is 4.90 Å². The number of nitrogens with zero attached hydrogens (tertiary/aromatic N) is 2. The Bertz CT molecular complexity index is 1390. The number of aromatic amines is 1. The summed E-state index contributed by atoms with van der Waals surface area (Å²) in [6.07, 6.45) is 0.979. The third-order valence-electron chi connectivity index (χ3n) is 7.33. The van der Waals surface area contributed by atoms with E-state index in [9.17, 15) is 9.59 Å².